The van der Waals surface area contributed by atoms with Crippen LogP contribution in [-0.2, 0) is 6.18 Å². The minimum absolute atomic E-state index is 0.0853. The minimum Gasteiger partial charge on any atom is -0.248 e. The van der Waals surface area contributed by atoms with Crippen molar-refractivity contribution in [3.63, 3.8) is 0 Å². The molecule has 0 aliphatic rings. The van der Waals surface area contributed by atoms with Gasteiger partial charge in [-0.3, -0.25) is 0 Å². The zero-order chi connectivity index (χ0) is 14.0. The number of rotatable bonds is 2. The van der Waals surface area contributed by atoms with Gasteiger partial charge in [-0.05, 0) is 39.8 Å². The molecular formula is C10H4BrClF3N3S. The van der Waals surface area contributed by atoms with Crippen molar-refractivity contribution in [1.29, 1.82) is 0 Å². The summed E-state index contributed by atoms with van der Waals surface area (Å²) in [7, 11) is 0. The lowest BCUT2D eigenvalue weighted by molar-refractivity contribution is -0.145. The maximum Gasteiger partial charge on any atom is 0.451 e. The molecule has 0 spiro atoms. The van der Waals surface area contributed by atoms with Crippen LogP contribution in [0.3, 0.4) is 0 Å². The minimum atomic E-state index is -4.63. The first-order valence-electron chi connectivity index (χ1n) is 4.76. The maximum absolute atomic E-state index is 12.5. The zero-order valence-corrected chi connectivity index (χ0v) is 12.1. The highest BCUT2D eigenvalue weighted by molar-refractivity contribution is 9.10. The summed E-state index contributed by atoms with van der Waals surface area (Å²) < 4.78 is 38.3. The molecule has 0 N–H and O–H groups in total. The molecule has 0 unspecified atom stereocenters. The van der Waals surface area contributed by atoms with E-state index in [4.69, 9.17) is 11.6 Å². The Kier molecular flexibility index (Phi) is 4.32. The third-order valence-electron chi connectivity index (χ3n) is 1.83. The lowest BCUT2D eigenvalue weighted by Crippen LogP contribution is -2.11. The molecule has 2 rings (SSSR count). The van der Waals surface area contributed by atoms with Crippen molar-refractivity contribution in [3.05, 3.63) is 39.8 Å². The first-order chi connectivity index (χ1) is 8.84. The van der Waals surface area contributed by atoms with Gasteiger partial charge in [0.15, 0.2) is 0 Å². The van der Waals surface area contributed by atoms with Gasteiger partial charge in [0.05, 0.1) is 0 Å². The van der Waals surface area contributed by atoms with Gasteiger partial charge in [-0.1, -0.05) is 11.6 Å². The summed E-state index contributed by atoms with van der Waals surface area (Å²) in [5.74, 6) is -1.26. The third kappa shape index (κ3) is 4.05. The van der Waals surface area contributed by atoms with Gasteiger partial charge in [0, 0.05) is 16.7 Å². The topological polar surface area (TPSA) is 38.7 Å². The highest BCUT2D eigenvalue weighted by Gasteiger charge is 2.35. The fourth-order valence-corrected chi connectivity index (χ4v) is 2.35. The van der Waals surface area contributed by atoms with Crippen LogP contribution in [0, 0.1) is 0 Å². The predicted octanol–water partition coefficient (Wildman–Crippen LogP) is 4.46. The van der Waals surface area contributed by atoms with Crippen molar-refractivity contribution in [2.45, 2.75) is 16.2 Å². The van der Waals surface area contributed by atoms with E-state index < -0.39 is 12.0 Å². The number of hydrogen-bond acceptors (Lipinski definition) is 4. The van der Waals surface area contributed by atoms with Crippen molar-refractivity contribution in [2.24, 2.45) is 0 Å². The van der Waals surface area contributed by atoms with Crippen LogP contribution in [0.1, 0.15) is 5.82 Å². The van der Waals surface area contributed by atoms with Gasteiger partial charge in [-0.2, -0.15) is 13.2 Å². The highest BCUT2D eigenvalue weighted by atomic mass is 79.9. The second-order valence-electron chi connectivity index (χ2n) is 3.27. The summed E-state index contributed by atoms with van der Waals surface area (Å²) in [4.78, 5) is 10.6. The molecule has 3 nitrogen and oxygen atoms in total. The Labute approximate surface area is 123 Å². The summed E-state index contributed by atoms with van der Waals surface area (Å²) >= 11 is 9.74. The molecule has 0 bridgehead atoms. The SMILES string of the molecule is FC(F)(F)c1nc(Cl)cc(Sc2ccc(Br)cn2)n1. The first-order valence-corrected chi connectivity index (χ1v) is 6.74. The fourth-order valence-electron chi connectivity index (χ4n) is 1.11. The molecule has 0 aliphatic heterocycles. The Hall–Kier alpha value is -0.860. The number of halogens is 5. The monoisotopic (exact) mass is 369 g/mol. The average Bonchev–Trinajstić information content (AvgIpc) is 2.30. The molecule has 0 atom stereocenters. The summed E-state index contributed by atoms with van der Waals surface area (Å²) in [6.45, 7) is 0. The van der Waals surface area contributed by atoms with E-state index in [0.29, 0.717) is 5.03 Å². The Morgan fingerprint density at radius 1 is 1.16 bits per heavy atom. The predicted molar refractivity (Wildman–Crippen MR) is 68.1 cm³/mol. The number of nitrogens with zero attached hydrogens (tertiary/aromatic N) is 3. The maximum atomic E-state index is 12.5. The Balaban J connectivity index is 2.30. The van der Waals surface area contributed by atoms with Crippen LogP contribution in [0.2, 0.25) is 5.15 Å². The average molecular weight is 371 g/mol. The van der Waals surface area contributed by atoms with Gasteiger partial charge in [0.1, 0.15) is 15.2 Å². The van der Waals surface area contributed by atoms with Crippen LogP contribution in [0.25, 0.3) is 0 Å². The smallest absolute Gasteiger partial charge is 0.248 e. The van der Waals surface area contributed by atoms with Crippen molar-refractivity contribution in [2.75, 3.05) is 0 Å². The largest absolute Gasteiger partial charge is 0.451 e. The second kappa shape index (κ2) is 5.64. The Morgan fingerprint density at radius 2 is 1.89 bits per heavy atom. The Morgan fingerprint density at radius 3 is 2.47 bits per heavy atom. The number of pyridine rings is 1. The third-order valence-corrected chi connectivity index (χ3v) is 3.37. The van der Waals surface area contributed by atoms with Crippen molar-refractivity contribution in [1.82, 2.24) is 15.0 Å². The highest BCUT2D eigenvalue weighted by Crippen LogP contribution is 2.31. The van der Waals surface area contributed by atoms with E-state index in [2.05, 4.69) is 30.9 Å². The van der Waals surface area contributed by atoms with Gasteiger partial charge in [-0.25, -0.2) is 15.0 Å². The quantitative estimate of drug-likeness (QED) is 0.732. The molecule has 0 radical (unpaired) electrons. The lowest BCUT2D eigenvalue weighted by atomic mass is 10.5. The zero-order valence-electron chi connectivity index (χ0n) is 8.95. The van der Waals surface area contributed by atoms with Gasteiger partial charge in [0.2, 0.25) is 5.82 Å². The van der Waals surface area contributed by atoms with Gasteiger partial charge < -0.3 is 0 Å². The van der Waals surface area contributed by atoms with E-state index in [0.717, 1.165) is 16.2 Å². The van der Waals surface area contributed by atoms with Crippen LogP contribution in [0.15, 0.2) is 38.9 Å². The van der Waals surface area contributed by atoms with Crippen LogP contribution in [-0.4, -0.2) is 15.0 Å². The summed E-state index contributed by atoms with van der Waals surface area (Å²) in [6, 6.07) is 4.63. The molecule has 100 valence electrons. The van der Waals surface area contributed by atoms with E-state index in [-0.39, 0.29) is 10.2 Å². The van der Waals surface area contributed by atoms with Crippen LogP contribution >= 0.6 is 39.3 Å². The molecule has 9 heteroatoms. The van der Waals surface area contributed by atoms with Crippen LogP contribution in [0.5, 0.6) is 0 Å². The summed E-state index contributed by atoms with van der Waals surface area (Å²) in [6.07, 6.45) is -3.09. The molecule has 2 aromatic heterocycles. The standard InChI is InChI=1S/C10H4BrClF3N3S/c11-5-1-2-7(16-4-5)19-8-3-6(12)17-9(18-8)10(13,14)15/h1-4H. The van der Waals surface area contributed by atoms with E-state index >= 15 is 0 Å². The molecule has 0 aliphatic carbocycles. The van der Waals surface area contributed by atoms with Crippen LogP contribution in [0.4, 0.5) is 13.2 Å². The van der Waals surface area contributed by atoms with E-state index in [9.17, 15) is 13.2 Å². The molecular weight excluding hydrogens is 367 g/mol. The number of alkyl halides is 3. The van der Waals surface area contributed by atoms with Crippen molar-refractivity contribution < 1.29 is 13.2 Å². The number of aromatic nitrogens is 3. The van der Waals surface area contributed by atoms with E-state index in [1.54, 1.807) is 12.1 Å². The van der Waals surface area contributed by atoms with Gasteiger partial charge in [0.25, 0.3) is 0 Å². The molecule has 0 amide bonds. The fraction of sp³-hybridized carbons (Fsp3) is 0.100. The molecule has 2 aromatic rings. The van der Waals surface area contributed by atoms with Gasteiger partial charge >= 0.3 is 6.18 Å². The lowest BCUT2D eigenvalue weighted by Gasteiger charge is -2.07. The molecule has 19 heavy (non-hydrogen) atoms. The number of hydrogen-bond donors (Lipinski definition) is 0. The van der Waals surface area contributed by atoms with Crippen LogP contribution < -0.4 is 0 Å². The van der Waals surface area contributed by atoms with Crippen molar-refractivity contribution in [3.8, 4) is 0 Å². The molecule has 2 heterocycles. The molecule has 0 aromatic carbocycles. The summed E-state index contributed by atoms with van der Waals surface area (Å²) in [5.41, 5.74) is 0. The Bertz CT molecular complexity index is 592. The molecule has 0 fully saturated rings. The van der Waals surface area contributed by atoms with Gasteiger partial charge in [-0.15, -0.1) is 0 Å². The van der Waals surface area contributed by atoms with E-state index in [1.165, 1.54) is 12.3 Å². The molecule has 0 saturated heterocycles. The van der Waals surface area contributed by atoms with Crippen molar-refractivity contribution >= 4 is 39.3 Å². The first kappa shape index (κ1) is 14.5. The normalized spacial score (nSPS) is 11.6. The molecule has 0 saturated carbocycles. The summed E-state index contributed by atoms with van der Waals surface area (Å²) in [5, 5.41) is 0.329. The second-order valence-corrected chi connectivity index (χ2v) is 5.61. The van der Waals surface area contributed by atoms with E-state index in [1.807, 2.05) is 0 Å².